The smallest absolute Gasteiger partial charge is 0.272 e. The predicted molar refractivity (Wildman–Crippen MR) is 71.2 cm³/mol. The molecule has 1 amide bonds. The molecule has 1 aliphatic heterocycles. The fourth-order valence-electron chi connectivity index (χ4n) is 2.48. The van der Waals surface area contributed by atoms with Gasteiger partial charge in [0.1, 0.15) is 11.8 Å². The number of amides is 1. The molecule has 1 saturated heterocycles. The molecule has 100 valence electrons. The van der Waals surface area contributed by atoms with Crippen molar-refractivity contribution in [1.29, 1.82) is 5.26 Å². The van der Waals surface area contributed by atoms with Crippen molar-refractivity contribution in [1.82, 2.24) is 9.88 Å². The van der Waals surface area contributed by atoms with Crippen molar-refractivity contribution in [3.05, 3.63) is 29.6 Å². The Bertz CT molecular complexity index is 491. The van der Waals surface area contributed by atoms with E-state index in [0.29, 0.717) is 23.7 Å². The number of aromatic nitrogens is 1. The number of hydrogen-bond acceptors (Lipinski definition) is 4. The van der Waals surface area contributed by atoms with E-state index < -0.39 is 0 Å². The van der Waals surface area contributed by atoms with Crippen LogP contribution in [0.2, 0.25) is 0 Å². The average Bonchev–Trinajstić information content (AvgIpc) is 2.46. The first-order chi connectivity index (χ1) is 9.15. The van der Waals surface area contributed by atoms with E-state index in [4.69, 9.17) is 11.0 Å². The Morgan fingerprint density at radius 1 is 1.63 bits per heavy atom. The molecule has 0 radical (unpaired) electrons. The van der Waals surface area contributed by atoms with Crippen LogP contribution in [0, 0.1) is 17.2 Å². The van der Waals surface area contributed by atoms with E-state index in [1.165, 1.54) is 6.20 Å². The number of nitriles is 1. The molecule has 1 aromatic heterocycles. The Hall–Kier alpha value is -1.93. The first-order valence-corrected chi connectivity index (χ1v) is 6.53. The van der Waals surface area contributed by atoms with E-state index in [9.17, 15) is 4.79 Å². The van der Waals surface area contributed by atoms with Gasteiger partial charge < -0.3 is 10.6 Å². The van der Waals surface area contributed by atoms with Crippen LogP contribution in [0.25, 0.3) is 0 Å². The number of carbonyl (C=O) groups is 1. The summed E-state index contributed by atoms with van der Waals surface area (Å²) in [7, 11) is 0. The van der Waals surface area contributed by atoms with E-state index in [1.807, 2.05) is 11.0 Å². The van der Waals surface area contributed by atoms with Crippen LogP contribution in [-0.2, 0) is 0 Å². The van der Waals surface area contributed by atoms with Crippen molar-refractivity contribution in [2.24, 2.45) is 11.7 Å². The number of rotatable bonds is 2. The molecule has 2 rings (SSSR count). The molecule has 0 aliphatic carbocycles. The van der Waals surface area contributed by atoms with Crippen LogP contribution in [0.4, 0.5) is 0 Å². The Balaban J connectivity index is 2.15. The molecule has 0 bridgehead atoms. The molecule has 2 unspecified atom stereocenters. The molecule has 2 heterocycles. The maximum Gasteiger partial charge on any atom is 0.272 e. The lowest BCUT2D eigenvalue weighted by Crippen LogP contribution is -2.49. The zero-order valence-electron chi connectivity index (χ0n) is 11.0. The maximum atomic E-state index is 12.4. The minimum absolute atomic E-state index is 0.0909. The lowest BCUT2D eigenvalue weighted by molar-refractivity contribution is 0.0567. The van der Waals surface area contributed by atoms with Gasteiger partial charge in [-0.25, -0.2) is 4.98 Å². The highest BCUT2D eigenvalue weighted by Gasteiger charge is 2.29. The number of nitrogens with zero attached hydrogens (tertiary/aromatic N) is 3. The largest absolute Gasteiger partial charge is 0.333 e. The van der Waals surface area contributed by atoms with E-state index in [2.05, 4.69) is 11.9 Å². The molecule has 5 nitrogen and oxygen atoms in total. The predicted octanol–water partition coefficient (Wildman–Crippen LogP) is 1.15. The SMILES string of the molecule is CC1CCN(C(=O)c2ccc(C#N)cn2)C(CN)C1. The monoisotopic (exact) mass is 258 g/mol. The van der Waals surface area contributed by atoms with Gasteiger partial charge in [-0.2, -0.15) is 5.26 Å². The van der Waals surface area contributed by atoms with Crippen molar-refractivity contribution in [3.63, 3.8) is 0 Å². The summed E-state index contributed by atoms with van der Waals surface area (Å²) < 4.78 is 0. The fraction of sp³-hybridized carbons (Fsp3) is 0.500. The summed E-state index contributed by atoms with van der Waals surface area (Å²) in [6, 6.07) is 5.30. The number of nitrogens with two attached hydrogens (primary N) is 1. The molecule has 0 saturated carbocycles. The van der Waals surface area contributed by atoms with Crippen molar-refractivity contribution in [3.8, 4) is 6.07 Å². The Kier molecular flexibility index (Phi) is 4.13. The molecule has 0 aromatic carbocycles. The fourth-order valence-corrected chi connectivity index (χ4v) is 2.48. The number of likely N-dealkylation sites (tertiary alicyclic amines) is 1. The molecule has 19 heavy (non-hydrogen) atoms. The van der Waals surface area contributed by atoms with Gasteiger partial charge >= 0.3 is 0 Å². The Labute approximate surface area is 113 Å². The first-order valence-electron chi connectivity index (χ1n) is 6.53. The summed E-state index contributed by atoms with van der Waals surface area (Å²) in [4.78, 5) is 18.3. The molecule has 1 aliphatic rings. The van der Waals surface area contributed by atoms with Crippen molar-refractivity contribution in [2.75, 3.05) is 13.1 Å². The van der Waals surface area contributed by atoms with Crippen LogP contribution < -0.4 is 5.73 Å². The molecule has 2 atom stereocenters. The number of hydrogen-bond donors (Lipinski definition) is 1. The molecule has 1 aromatic rings. The minimum atomic E-state index is -0.0909. The normalized spacial score (nSPS) is 22.9. The van der Waals surface area contributed by atoms with Gasteiger partial charge in [-0.15, -0.1) is 0 Å². The van der Waals surface area contributed by atoms with Crippen LogP contribution in [0.3, 0.4) is 0 Å². The molecule has 2 N–H and O–H groups in total. The maximum absolute atomic E-state index is 12.4. The number of carbonyl (C=O) groups excluding carboxylic acids is 1. The van der Waals surface area contributed by atoms with Gasteiger partial charge in [0.15, 0.2) is 0 Å². The van der Waals surface area contributed by atoms with E-state index >= 15 is 0 Å². The second-order valence-corrected chi connectivity index (χ2v) is 5.06. The van der Waals surface area contributed by atoms with Gasteiger partial charge in [-0.05, 0) is 30.9 Å². The van der Waals surface area contributed by atoms with Gasteiger partial charge in [0.05, 0.1) is 5.56 Å². The topological polar surface area (TPSA) is 83.0 Å². The quantitative estimate of drug-likeness (QED) is 0.862. The summed E-state index contributed by atoms with van der Waals surface area (Å²) >= 11 is 0. The third kappa shape index (κ3) is 2.91. The Morgan fingerprint density at radius 2 is 2.42 bits per heavy atom. The molecular weight excluding hydrogens is 240 g/mol. The molecule has 0 spiro atoms. The second kappa shape index (κ2) is 5.81. The standard InChI is InChI=1S/C14H18N4O/c1-10-4-5-18(12(6-10)8-16)14(19)13-3-2-11(7-15)9-17-13/h2-3,9-10,12H,4-6,8,16H2,1H3. The zero-order chi connectivity index (χ0) is 13.8. The number of pyridine rings is 1. The summed E-state index contributed by atoms with van der Waals surface area (Å²) in [5.74, 6) is 0.512. The summed E-state index contributed by atoms with van der Waals surface area (Å²) in [6.45, 7) is 3.39. The third-order valence-electron chi connectivity index (χ3n) is 3.62. The third-order valence-corrected chi connectivity index (χ3v) is 3.62. The van der Waals surface area contributed by atoms with E-state index in [0.717, 1.165) is 19.4 Å². The molecular formula is C14H18N4O. The molecule has 5 heteroatoms. The minimum Gasteiger partial charge on any atom is -0.333 e. The van der Waals surface area contributed by atoms with E-state index in [-0.39, 0.29) is 11.9 Å². The van der Waals surface area contributed by atoms with Crippen molar-refractivity contribution in [2.45, 2.75) is 25.8 Å². The van der Waals surface area contributed by atoms with Crippen LogP contribution in [0.1, 0.15) is 35.8 Å². The van der Waals surface area contributed by atoms with Gasteiger partial charge in [0.25, 0.3) is 5.91 Å². The van der Waals surface area contributed by atoms with Gasteiger partial charge in [0, 0.05) is 25.3 Å². The van der Waals surface area contributed by atoms with E-state index in [1.54, 1.807) is 12.1 Å². The lowest BCUT2D eigenvalue weighted by Gasteiger charge is -2.37. The summed E-state index contributed by atoms with van der Waals surface area (Å²) in [5, 5.41) is 8.72. The van der Waals surface area contributed by atoms with Crippen LogP contribution in [0.15, 0.2) is 18.3 Å². The highest BCUT2D eigenvalue weighted by Crippen LogP contribution is 2.23. The summed E-state index contributed by atoms with van der Waals surface area (Å²) in [5.41, 5.74) is 6.60. The van der Waals surface area contributed by atoms with Gasteiger partial charge in [-0.3, -0.25) is 4.79 Å². The van der Waals surface area contributed by atoms with Crippen LogP contribution >= 0.6 is 0 Å². The average molecular weight is 258 g/mol. The van der Waals surface area contributed by atoms with Gasteiger partial charge in [-0.1, -0.05) is 6.92 Å². The highest BCUT2D eigenvalue weighted by atomic mass is 16.2. The van der Waals surface area contributed by atoms with Gasteiger partial charge in [0.2, 0.25) is 0 Å². The molecule has 1 fully saturated rings. The zero-order valence-corrected chi connectivity index (χ0v) is 11.0. The van der Waals surface area contributed by atoms with Crippen molar-refractivity contribution >= 4 is 5.91 Å². The van der Waals surface area contributed by atoms with Crippen LogP contribution in [-0.4, -0.2) is 34.9 Å². The Morgan fingerprint density at radius 3 is 3.00 bits per heavy atom. The first kappa shape index (κ1) is 13.5. The summed E-state index contributed by atoms with van der Waals surface area (Å²) in [6.07, 6.45) is 3.37. The van der Waals surface area contributed by atoms with Crippen molar-refractivity contribution < 1.29 is 4.79 Å². The lowest BCUT2D eigenvalue weighted by atomic mass is 9.92. The second-order valence-electron chi connectivity index (χ2n) is 5.06. The van der Waals surface area contributed by atoms with Crippen LogP contribution in [0.5, 0.6) is 0 Å². The highest BCUT2D eigenvalue weighted by molar-refractivity contribution is 5.92. The number of piperidine rings is 1.